The van der Waals surface area contributed by atoms with Crippen molar-refractivity contribution in [2.45, 2.75) is 25.8 Å². The van der Waals surface area contributed by atoms with Crippen LogP contribution >= 0.6 is 0 Å². The van der Waals surface area contributed by atoms with Gasteiger partial charge in [0.25, 0.3) is 11.6 Å². The predicted molar refractivity (Wildman–Crippen MR) is 98.6 cm³/mol. The highest BCUT2D eigenvalue weighted by atomic mass is 16.6. The van der Waals surface area contributed by atoms with Crippen LogP contribution in [0.2, 0.25) is 0 Å². The summed E-state index contributed by atoms with van der Waals surface area (Å²) in [5, 5.41) is 11.2. The highest BCUT2D eigenvalue weighted by Crippen LogP contribution is 2.34. The van der Waals surface area contributed by atoms with E-state index in [0.29, 0.717) is 6.54 Å². The molecular weight excluding hydrogens is 348 g/mol. The van der Waals surface area contributed by atoms with Crippen molar-refractivity contribution >= 4 is 17.6 Å². The number of rotatable bonds is 4. The third-order valence-electron chi connectivity index (χ3n) is 4.77. The molecule has 1 unspecified atom stereocenters. The van der Waals surface area contributed by atoms with Crippen molar-refractivity contribution < 1.29 is 19.2 Å². The molecule has 3 rings (SSSR count). The second-order valence-electron chi connectivity index (χ2n) is 6.58. The molecule has 27 heavy (non-hydrogen) atoms. The second kappa shape index (κ2) is 7.57. The van der Waals surface area contributed by atoms with Crippen LogP contribution in [0, 0.1) is 17.0 Å². The van der Waals surface area contributed by atoms with E-state index in [2.05, 4.69) is 4.74 Å². The number of likely N-dealkylation sites (tertiary alicyclic amines) is 1. The van der Waals surface area contributed by atoms with E-state index in [9.17, 15) is 19.7 Å². The molecule has 1 aliphatic rings. The van der Waals surface area contributed by atoms with Crippen LogP contribution in [-0.4, -0.2) is 35.4 Å². The molecule has 2 aromatic carbocycles. The minimum absolute atomic E-state index is 0.0128. The molecule has 0 aliphatic carbocycles. The Labute approximate surface area is 156 Å². The Bertz CT molecular complexity index is 892. The molecular formula is C20H20N2O5. The Kier molecular flexibility index (Phi) is 5.21. The van der Waals surface area contributed by atoms with Crippen molar-refractivity contribution in [1.82, 2.24) is 4.90 Å². The number of non-ortho nitro benzene ring substituents is 1. The fourth-order valence-electron chi connectivity index (χ4n) is 3.39. The minimum Gasteiger partial charge on any atom is -0.465 e. The molecule has 1 amide bonds. The zero-order valence-corrected chi connectivity index (χ0v) is 15.2. The molecule has 1 heterocycles. The first-order valence-corrected chi connectivity index (χ1v) is 8.66. The Hall–Kier alpha value is -3.22. The zero-order chi connectivity index (χ0) is 19.6. The molecule has 0 radical (unpaired) electrons. The average molecular weight is 368 g/mol. The number of hydrogen-bond acceptors (Lipinski definition) is 5. The summed E-state index contributed by atoms with van der Waals surface area (Å²) in [7, 11) is 1.19. The van der Waals surface area contributed by atoms with Gasteiger partial charge in [0.15, 0.2) is 0 Å². The van der Waals surface area contributed by atoms with Gasteiger partial charge in [0, 0.05) is 24.2 Å². The fourth-order valence-corrected chi connectivity index (χ4v) is 3.39. The van der Waals surface area contributed by atoms with E-state index in [1.165, 1.54) is 19.2 Å². The van der Waals surface area contributed by atoms with E-state index in [1.54, 1.807) is 4.90 Å². The van der Waals surface area contributed by atoms with E-state index < -0.39 is 10.9 Å². The van der Waals surface area contributed by atoms with Gasteiger partial charge in [-0.15, -0.1) is 0 Å². The number of amides is 1. The maximum absolute atomic E-state index is 13.1. The molecule has 1 aliphatic heterocycles. The first-order chi connectivity index (χ1) is 12.9. The molecule has 1 saturated heterocycles. The van der Waals surface area contributed by atoms with Gasteiger partial charge in [0.1, 0.15) is 0 Å². The van der Waals surface area contributed by atoms with Gasteiger partial charge in [-0.3, -0.25) is 14.9 Å². The molecule has 1 fully saturated rings. The van der Waals surface area contributed by atoms with Gasteiger partial charge in [-0.25, -0.2) is 4.79 Å². The van der Waals surface area contributed by atoms with Gasteiger partial charge >= 0.3 is 5.97 Å². The Balaban J connectivity index is 1.96. The van der Waals surface area contributed by atoms with Crippen molar-refractivity contribution in [1.29, 1.82) is 0 Å². The van der Waals surface area contributed by atoms with Gasteiger partial charge in [-0.05, 0) is 31.4 Å². The molecule has 7 heteroatoms. The van der Waals surface area contributed by atoms with Gasteiger partial charge in [0.05, 0.1) is 23.6 Å². The van der Waals surface area contributed by atoms with Crippen LogP contribution in [-0.2, 0) is 4.74 Å². The number of benzene rings is 2. The molecule has 0 bridgehead atoms. The largest absolute Gasteiger partial charge is 0.465 e. The number of methoxy groups -OCH3 is 1. The highest BCUT2D eigenvalue weighted by molar-refractivity contribution is 5.99. The van der Waals surface area contributed by atoms with Crippen LogP contribution in [0.1, 0.15) is 50.7 Å². The Morgan fingerprint density at radius 1 is 1.15 bits per heavy atom. The van der Waals surface area contributed by atoms with Crippen LogP contribution in [0.4, 0.5) is 5.69 Å². The van der Waals surface area contributed by atoms with Crippen molar-refractivity contribution in [2.24, 2.45) is 0 Å². The SMILES string of the molecule is COC(=O)c1cc(C(=O)N2CCCC2c2ccc(C)cc2)cc([N+](=O)[O-])c1. The average Bonchev–Trinajstić information content (AvgIpc) is 3.16. The van der Waals surface area contributed by atoms with Crippen LogP contribution in [0.25, 0.3) is 0 Å². The van der Waals surface area contributed by atoms with Crippen molar-refractivity contribution in [3.63, 3.8) is 0 Å². The summed E-state index contributed by atoms with van der Waals surface area (Å²) in [6.45, 7) is 2.56. The fraction of sp³-hybridized carbons (Fsp3) is 0.300. The number of ether oxygens (including phenoxy) is 1. The summed E-state index contributed by atoms with van der Waals surface area (Å²) < 4.78 is 4.65. The van der Waals surface area contributed by atoms with Crippen LogP contribution < -0.4 is 0 Å². The Morgan fingerprint density at radius 2 is 1.81 bits per heavy atom. The first-order valence-electron chi connectivity index (χ1n) is 8.66. The first kappa shape index (κ1) is 18.6. The lowest BCUT2D eigenvalue weighted by Gasteiger charge is -2.25. The topological polar surface area (TPSA) is 89.8 Å². The number of esters is 1. The van der Waals surface area contributed by atoms with Crippen LogP contribution in [0.3, 0.4) is 0 Å². The van der Waals surface area contributed by atoms with Gasteiger partial charge in [-0.2, -0.15) is 0 Å². The zero-order valence-electron chi connectivity index (χ0n) is 15.2. The van der Waals surface area contributed by atoms with E-state index in [0.717, 1.165) is 30.0 Å². The normalized spacial score (nSPS) is 16.2. The van der Waals surface area contributed by atoms with Crippen molar-refractivity contribution in [2.75, 3.05) is 13.7 Å². The molecule has 7 nitrogen and oxygen atoms in total. The maximum Gasteiger partial charge on any atom is 0.338 e. The monoisotopic (exact) mass is 368 g/mol. The van der Waals surface area contributed by atoms with E-state index in [1.807, 2.05) is 31.2 Å². The molecule has 140 valence electrons. The predicted octanol–water partition coefficient (Wildman–Crippen LogP) is 3.67. The number of nitro groups is 1. The summed E-state index contributed by atoms with van der Waals surface area (Å²) >= 11 is 0. The lowest BCUT2D eigenvalue weighted by molar-refractivity contribution is -0.384. The van der Waals surface area contributed by atoms with Gasteiger partial charge in [-0.1, -0.05) is 29.8 Å². The lowest BCUT2D eigenvalue weighted by Crippen LogP contribution is -2.30. The van der Waals surface area contributed by atoms with E-state index in [4.69, 9.17) is 0 Å². The summed E-state index contributed by atoms with van der Waals surface area (Å²) in [4.78, 5) is 37.2. The smallest absolute Gasteiger partial charge is 0.338 e. The maximum atomic E-state index is 13.1. The second-order valence-corrected chi connectivity index (χ2v) is 6.58. The summed E-state index contributed by atoms with van der Waals surface area (Å²) in [6, 6.07) is 11.6. The third kappa shape index (κ3) is 3.81. The molecule has 2 aromatic rings. The number of nitrogens with zero attached hydrogens (tertiary/aromatic N) is 2. The number of carbonyl (C=O) groups is 2. The van der Waals surface area contributed by atoms with Crippen LogP contribution in [0.5, 0.6) is 0 Å². The van der Waals surface area contributed by atoms with Gasteiger partial charge in [0.2, 0.25) is 0 Å². The number of aryl methyl sites for hydroxylation is 1. The van der Waals surface area contributed by atoms with E-state index in [-0.39, 0.29) is 28.8 Å². The summed E-state index contributed by atoms with van der Waals surface area (Å²) in [5.74, 6) is -1.05. The number of hydrogen-bond donors (Lipinski definition) is 0. The molecule has 0 spiro atoms. The molecule has 1 atom stereocenters. The quantitative estimate of drug-likeness (QED) is 0.467. The van der Waals surface area contributed by atoms with Gasteiger partial charge < -0.3 is 9.64 Å². The standard InChI is InChI=1S/C20H20N2O5/c1-13-5-7-14(8-6-13)18-4-3-9-21(18)19(23)15-10-16(20(24)27-2)12-17(11-15)22(25)26/h5-8,10-12,18H,3-4,9H2,1-2H3. The number of nitro benzene ring substituents is 1. The van der Waals surface area contributed by atoms with Crippen LogP contribution in [0.15, 0.2) is 42.5 Å². The lowest BCUT2D eigenvalue weighted by atomic mass is 10.0. The molecule has 0 N–H and O–H groups in total. The molecule has 0 saturated carbocycles. The van der Waals surface area contributed by atoms with Crippen molar-refractivity contribution in [3.05, 3.63) is 74.8 Å². The van der Waals surface area contributed by atoms with Crippen molar-refractivity contribution in [3.8, 4) is 0 Å². The minimum atomic E-state index is -0.718. The summed E-state index contributed by atoms with van der Waals surface area (Å²) in [5.41, 5.74) is 1.96. The molecule has 0 aromatic heterocycles. The third-order valence-corrected chi connectivity index (χ3v) is 4.77. The highest BCUT2D eigenvalue weighted by Gasteiger charge is 2.31. The summed E-state index contributed by atoms with van der Waals surface area (Å²) in [6.07, 6.45) is 1.68. The number of carbonyl (C=O) groups excluding carboxylic acids is 2. The Morgan fingerprint density at radius 3 is 2.44 bits per heavy atom. The van der Waals surface area contributed by atoms with E-state index >= 15 is 0 Å².